The zero-order valence-corrected chi connectivity index (χ0v) is 15.1. The summed E-state index contributed by atoms with van der Waals surface area (Å²) < 4.78 is 2.20. The molecule has 8 heteroatoms. The van der Waals surface area contributed by atoms with Gasteiger partial charge >= 0.3 is 0 Å². The van der Waals surface area contributed by atoms with E-state index in [2.05, 4.69) is 30.5 Å². The Hall–Kier alpha value is -2.74. The number of anilines is 1. The monoisotopic (exact) mass is 368 g/mol. The molecule has 0 aliphatic carbocycles. The molecule has 134 valence electrons. The second-order valence-corrected chi connectivity index (χ2v) is 7.28. The highest BCUT2D eigenvalue weighted by molar-refractivity contribution is 7.13. The molecule has 1 amide bonds. The number of aromatic nitrogens is 4. The van der Waals surface area contributed by atoms with E-state index in [1.54, 1.807) is 11.6 Å². The number of nitrogens with zero attached hydrogens (tertiary/aromatic N) is 5. The van der Waals surface area contributed by atoms with Crippen LogP contribution in [-0.2, 0) is 6.54 Å². The molecule has 0 bridgehead atoms. The summed E-state index contributed by atoms with van der Waals surface area (Å²) in [6.45, 7) is 2.55. The summed E-state index contributed by atoms with van der Waals surface area (Å²) in [5.74, 6) is 0.939. The van der Waals surface area contributed by atoms with Gasteiger partial charge in [-0.2, -0.15) is 0 Å². The number of thiazole rings is 1. The van der Waals surface area contributed by atoms with E-state index in [0.717, 1.165) is 49.0 Å². The lowest BCUT2D eigenvalue weighted by atomic mass is 9.97. The molecule has 4 heterocycles. The van der Waals surface area contributed by atoms with Gasteiger partial charge in [0.05, 0.1) is 6.54 Å². The largest absolute Gasteiger partial charge is 0.364 e. The van der Waals surface area contributed by atoms with Crippen molar-refractivity contribution < 1.29 is 4.79 Å². The molecule has 4 rings (SSSR count). The van der Waals surface area contributed by atoms with E-state index in [4.69, 9.17) is 5.73 Å². The normalized spacial score (nSPS) is 17.4. The maximum Gasteiger partial charge on any atom is 0.268 e. The van der Waals surface area contributed by atoms with E-state index < -0.39 is 5.91 Å². The molecule has 1 aliphatic rings. The second-order valence-electron chi connectivity index (χ2n) is 6.44. The van der Waals surface area contributed by atoms with Crippen molar-refractivity contribution in [3.8, 4) is 0 Å². The Morgan fingerprint density at radius 2 is 2.31 bits per heavy atom. The average Bonchev–Trinajstić information content (AvgIpc) is 3.32. The van der Waals surface area contributed by atoms with Crippen molar-refractivity contribution in [2.75, 3.05) is 18.0 Å². The number of carbonyl (C=O) groups excluding carboxylic acids is 1. The maximum atomic E-state index is 11.3. The van der Waals surface area contributed by atoms with Crippen molar-refractivity contribution >= 4 is 22.4 Å². The third-order valence-corrected chi connectivity index (χ3v) is 5.53. The van der Waals surface area contributed by atoms with Gasteiger partial charge in [-0.3, -0.25) is 9.78 Å². The molecule has 0 saturated carbocycles. The number of piperidine rings is 1. The number of amides is 1. The minimum absolute atomic E-state index is 0.330. The Morgan fingerprint density at radius 1 is 1.38 bits per heavy atom. The minimum atomic E-state index is -0.479. The molecule has 26 heavy (non-hydrogen) atoms. The molecule has 1 unspecified atom stereocenters. The van der Waals surface area contributed by atoms with Crippen molar-refractivity contribution in [2.45, 2.75) is 25.3 Å². The van der Waals surface area contributed by atoms with Crippen molar-refractivity contribution in [2.24, 2.45) is 5.73 Å². The van der Waals surface area contributed by atoms with Crippen LogP contribution in [0.5, 0.6) is 0 Å². The zero-order chi connectivity index (χ0) is 17.9. The summed E-state index contributed by atoms with van der Waals surface area (Å²) >= 11 is 1.47. The highest BCUT2D eigenvalue weighted by atomic mass is 32.1. The molecule has 1 aliphatic heterocycles. The minimum Gasteiger partial charge on any atom is -0.364 e. The lowest BCUT2D eigenvalue weighted by molar-refractivity contribution is 0.0996. The predicted molar refractivity (Wildman–Crippen MR) is 100 cm³/mol. The highest BCUT2D eigenvalue weighted by Gasteiger charge is 2.26. The van der Waals surface area contributed by atoms with Gasteiger partial charge in [0.25, 0.3) is 5.91 Å². The summed E-state index contributed by atoms with van der Waals surface area (Å²) in [5, 5.41) is 2.58. The van der Waals surface area contributed by atoms with Crippen molar-refractivity contribution in [3.05, 3.63) is 59.4 Å². The molecule has 3 aromatic rings. The van der Waals surface area contributed by atoms with Gasteiger partial charge in [0.1, 0.15) is 11.5 Å². The van der Waals surface area contributed by atoms with Crippen LogP contribution < -0.4 is 10.6 Å². The predicted octanol–water partition coefficient (Wildman–Crippen LogP) is 2.27. The summed E-state index contributed by atoms with van der Waals surface area (Å²) in [6, 6.07) is 4.03. The van der Waals surface area contributed by atoms with Gasteiger partial charge in [0.15, 0.2) is 5.13 Å². The lowest BCUT2D eigenvalue weighted by Crippen LogP contribution is -2.35. The number of hydrogen-bond acceptors (Lipinski definition) is 6. The summed E-state index contributed by atoms with van der Waals surface area (Å²) in [5.41, 5.74) is 6.82. The van der Waals surface area contributed by atoms with Crippen molar-refractivity contribution in [3.63, 3.8) is 0 Å². The van der Waals surface area contributed by atoms with Crippen LogP contribution in [0, 0.1) is 0 Å². The van der Waals surface area contributed by atoms with E-state index in [1.807, 2.05) is 24.7 Å². The molecule has 1 saturated heterocycles. The molecule has 1 fully saturated rings. The third kappa shape index (κ3) is 3.45. The first-order valence-corrected chi connectivity index (χ1v) is 9.49. The van der Waals surface area contributed by atoms with E-state index in [1.165, 1.54) is 11.3 Å². The van der Waals surface area contributed by atoms with Crippen LogP contribution in [0.4, 0.5) is 5.13 Å². The fourth-order valence-electron chi connectivity index (χ4n) is 3.39. The number of imidazole rings is 1. The highest BCUT2D eigenvalue weighted by Crippen LogP contribution is 2.31. The fourth-order valence-corrected chi connectivity index (χ4v) is 4.24. The zero-order valence-electron chi connectivity index (χ0n) is 14.3. The molecule has 0 spiro atoms. The molecular formula is C18H20N6OS. The van der Waals surface area contributed by atoms with Crippen LogP contribution in [0.1, 0.15) is 40.6 Å². The van der Waals surface area contributed by atoms with Crippen molar-refractivity contribution in [1.29, 1.82) is 0 Å². The smallest absolute Gasteiger partial charge is 0.268 e. The number of nitrogens with two attached hydrogens (primary N) is 1. The first kappa shape index (κ1) is 16.7. The quantitative estimate of drug-likeness (QED) is 0.746. The molecule has 7 nitrogen and oxygen atoms in total. The van der Waals surface area contributed by atoms with Gasteiger partial charge in [0.2, 0.25) is 0 Å². The standard InChI is InChI=1S/C18H20N6OS/c19-16(25)15-12-26-18(22-15)24-7-2-4-14(11-24)17-21-6-8-23(17)10-13-3-1-5-20-9-13/h1,3,5-6,8-9,12,14H,2,4,7,10-11H2,(H2,19,25). The molecule has 2 N–H and O–H groups in total. The van der Waals surface area contributed by atoms with Crippen LogP contribution in [0.3, 0.4) is 0 Å². The van der Waals surface area contributed by atoms with Crippen LogP contribution in [0.25, 0.3) is 0 Å². The molecule has 0 aromatic carbocycles. The van der Waals surface area contributed by atoms with Crippen LogP contribution in [0.15, 0.2) is 42.3 Å². The molecule has 3 aromatic heterocycles. The first-order chi connectivity index (χ1) is 12.7. The first-order valence-electron chi connectivity index (χ1n) is 8.61. The Bertz CT molecular complexity index is 890. The topological polar surface area (TPSA) is 89.9 Å². The Balaban J connectivity index is 1.51. The Morgan fingerprint density at radius 3 is 3.08 bits per heavy atom. The number of carbonyl (C=O) groups is 1. The van der Waals surface area contributed by atoms with E-state index >= 15 is 0 Å². The summed E-state index contributed by atoms with van der Waals surface area (Å²) in [4.78, 5) is 26.7. The van der Waals surface area contributed by atoms with Gasteiger partial charge in [-0.05, 0) is 24.5 Å². The van der Waals surface area contributed by atoms with Crippen LogP contribution in [0.2, 0.25) is 0 Å². The van der Waals surface area contributed by atoms with Crippen LogP contribution >= 0.6 is 11.3 Å². The van der Waals surface area contributed by atoms with E-state index in [0.29, 0.717) is 11.6 Å². The SMILES string of the molecule is NC(=O)c1csc(N2CCCC(c3nccn3Cc3cccnc3)C2)n1. The number of hydrogen-bond donors (Lipinski definition) is 1. The van der Waals surface area contributed by atoms with E-state index in [-0.39, 0.29) is 0 Å². The fraction of sp³-hybridized carbons (Fsp3) is 0.333. The van der Waals surface area contributed by atoms with Gasteiger partial charge in [-0.25, -0.2) is 9.97 Å². The average molecular weight is 368 g/mol. The van der Waals surface area contributed by atoms with E-state index in [9.17, 15) is 4.79 Å². The third-order valence-electron chi connectivity index (χ3n) is 4.62. The number of pyridine rings is 1. The summed E-state index contributed by atoms with van der Waals surface area (Å²) in [7, 11) is 0. The van der Waals surface area contributed by atoms with Gasteiger partial charge in [0, 0.05) is 49.2 Å². The molecule has 0 radical (unpaired) electrons. The molecule has 1 atom stereocenters. The Kier molecular flexibility index (Phi) is 4.66. The maximum absolute atomic E-state index is 11.3. The summed E-state index contributed by atoms with van der Waals surface area (Å²) in [6.07, 6.45) is 9.71. The number of rotatable bonds is 5. The Labute approximate surface area is 155 Å². The number of primary amides is 1. The lowest BCUT2D eigenvalue weighted by Gasteiger charge is -2.32. The molecular weight excluding hydrogens is 348 g/mol. The second kappa shape index (κ2) is 7.25. The van der Waals surface area contributed by atoms with Gasteiger partial charge in [-0.15, -0.1) is 11.3 Å². The van der Waals surface area contributed by atoms with Crippen LogP contribution in [-0.4, -0.2) is 38.5 Å². The van der Waals surface area contributed by atoms with Gasteiger partial charge < -0.3 is 15.2 Å². The van der Waals surface area contributed by atoms with Crippen molar-refractivity contribution in [1.82, 2.24) is 19.5 Å². The van der Waals surface area contributed by atoms with Gasteiger partial charge in [-0.1, -0.05) is 6.07 Å².